The fraction of sp³-hybridized carbons (Fsp3) is 0.227. The quantitative estimate of drug-likeness (QED) is 0.270. The molecule has 0 aromatic heterocycles. The van der Waals surface area contributed by atoms with Crippen LogP contribution in [0.4, 0.5) is 0 Å². The van der Waals surface area contributed by atoms with E-state index in [0.29, 0.717) is 5.75 Å². The third-order valence-electron chi connectivity index (χ3n) is 4.18. The SMILES string of the molecule is CCC(C)C(N=Cc1ccc(OC(=O)/C=C/c2cccc(Br)c2)cc1)C(=O)O. The molecule has 0 amide bonds. The van der Waals surface area contributed by atoms with Gasteiger partial charge in [-0.25, -0.2) is 9.59 Å². The van der Waals surface area contributed by atoms with Crippen LogP contribution in [0.15, 0.2) is 64.1 Å². The van der Waals surface area contributed by atoms with Crippen LogP contribution in [-0.4, -0.2) is 29.3 Å². The van der Waals surface area contributed by atoms with E-state index in [1.165, 1.54) is 12.3 Å². The van der Waals surface area contributed by atoms with Crippen LogP contribution in [0.3, 0.4) is 0 Å². The maximum absolute atomic E-state index is 11.9. The normalized spacial score (nSPS) is 13.5. The molecule has 0 saturated carbocycles. The molecule has 0 aliphatic heterocycles. The van der Waals surface area contributed by atoms with Gasteiger partial charge in [-0.1, -0.05) is 48.3 Å². The van der Waals surface area contributed by atoms with Gasteiger partial charge in [0.1, 0.15) is 11.8 Å². The van der Waals surface area contributed by atoms with E-state index in [9.17, 15) is 14.7 Å². The summed E-state index contributed by atoms with van der Waals surface area (Å²) in [5.41, 5.74) is 1.62. The van der Waals surface area contributed by atoms with E-state index in [2.05, 4.69) is 20.9 Å². The molecule has 0 saturated heterocycles. The monoisotopic (exact) mass is 443 g/mol. The Kier molecular flexibility index (Phi) is 8.14. The number of carboxylic acids is 1. The van der Waals surface area contributed by atoms with Crippen molar-refractivity contribution in [2.45, 2.75) is 26.3 Å². The highest BCUT2D eigenvalue weighted by molar-refractivity contribution is 9.10. The lowest BCUT2D eigenvalue weighted by molar-refractivity contribution is -0.139. The van der Waals surface area contributed by atoms with Gasteiger partial charge < -0.3 is 9.84 Å². The van der Waals surface area contributed by atoms with Crippen LogP contribution in [0.1, 0.15) is 31.4 Å². The minimum Gasteiger partial charge on any atom is -0.480 e. The maximum Gasteiger partial charge on any atom is 0.336 e. The van der Waals surface area contributed by atoms with Gasteiger partial charge in [0.05, 0.1) is 0 Å². The number of hydrogen-bond acceptors (Lipinski definition) is 4. The Bertz CT molecular complexity index is 874. The topological polar surface area (TPSA) is 76.0 Å². The highest BCUT2D eigenvalue weighted by atomic mass is 79.9. The Morgan fingerprint density at radius 2 is 1.89 bits per heavy atom. The molecule has 6 heteroatoms. The molecule has 0 fully saturated rings. The van der Waals surface area contributed by atoms with Crippen LogP contribution in [-0.2, 0) is 9.59 Å². The van der Waals surface area contributed by atoms with Gasteiger partial charge in [-0.05, 0) is 59.5 Å². The molecule has 5 nitrogen and oxygen atoms in total. The predicted octanol–water partition coefficient (Wildman–Crippen LogP) is 4.99. The number of benzene rings is 2. The van der Waals surface area contributed by atoms with Crippen LogP contribution in [0.2, 0.25) is 0 Å². The summed E-state index contributed by atoms with van der Waals surface area (Å²) in [6, 6.07) is 13.5. The fourth-order valence-corrected chi connectivity index (χ4v) is 2.81. The highest BCUT2D eigenvalue weighted by Crippen LogP contribution is 2.15. The smallest absolute Gasteiger partial charge is 0.336 e. The number of esters is 1. The number of halogens is 1. The van der Waals surface area contributed by atoms with E-state index in [1.54, 1.807) is 30.3 Å². The Morgan fingerprint density at radius 3 is 2.50 bits per heavy atom. The van der Waals surface area contributed by atoms with Crippen molar-refractivity contribution in [2.75, 3.05) is 0 Å². The van der Waals surface area contributed by atoms with E-state index in [1.807, 2.05) is 38.1 Å². The molecule has 0 spiro atoms. The lowest BCUT2D eigenvalue weighted by Gasteiger charge is -2.13. The lowest BCUT2D eigenvalue weighted by atomic mass is 10.00. The minimum absolute atomic E-state index is 0.0500. The number of aliphatic carboxylic acids is 1. The van der Waals surface area contributed by atoms with Crippen molar-refractivity contribution in [1.82, 2.24) is 0 Å². The lowest BCUT2D eigenvalue weighted by Crippen LogP contribution is -2.25. The van der Waals surface area contributed by atoms with Crippen molar-refractivity contribution in [3.63, 3.8) is 0 Å². The third kappa shape index (κ3) is 6.78. The molecule has 2 aromatic carbocycles. The molecule has 2 unspecified atom stereocenters. The second-order valence-electron chi connectivity index (χ2n) is 6.33. The van der Waals surface area contributed by atoms with Crippen molar-refractivity contribution in [3.05, 3.63) is 70.2 Å². The van der Waals surface area contributed by atoms with Gasteiger partial charge in [0.25, 0.3) is 0 Å². The summed E-state index contributed by atoms with van der Waals surface area (Å²) in [6.45, 7) is 3.80. The van der Waals surface area contributed by atoms with Crippen LogP contribution >= 0.6 is 15.9 Å². The van der Waals surface area contributed by atoms with Crippen molar-refractivity contribution in [2.24, 2.45) is 10.9 Å². The number of rotatable bonds is 8. The predicted molar refractivity (Wildman–Crippen MR) is 114 cm³/mol. The molecule has 2 rings (SSSR count). The summed E-state index contributed by atoms with van der Waals surface area (Å²) in [6.07, 6.45) is 5.30. The van der Waals surface area contributed by atoms with Gasteiger partial charge in [-0.3, -0.25) is 4.99 Å². The standard InChI is InChI=1S/C22H22BrNO4/c1-3-15(2)21(22(26)27)24-14-17-7-10-19(11-8-17)28-20(25)12-9-16-5-4-6-18(23)13-16/h4-15,21H,3H2,1-2H3,(H,26,27)/b12-9+,24-14?. The first kappa shape index (κ1) is 21.6. The van der Waals surface area contributed by atoms with Crippen molar-refractivity contribution in [3.8, 4) is 5.75 Å². The summed E-state index contributed by atoms with van der Waals surface area (Å²) in [4.78, 5) is 27.4. The average Bonchev–Trinajstić information content (AvgIpc) is 2.67. The van der Waals surface area contributed by atoms with Crippen molar-refractivity contribution in [1.29, 1.82) is 0 Å². The maximum atomic E-state index is 11.9. The largest absolute Gasteiger partial charge is 0.480 e. The summed E-state index contributed by atoms with van der Waals surface area (Å²) in [5, 5.41) is 9.26. The van der Waals surface area contributed by atoms with Crippen LogP contribution in [0.5, 0.6) is 5.75 Å². The molecule has 1 N–H and O–H groups in total. The molecule has 0 radical (unpaired) electrons. The van der Waals surface area contributed by atoms with Crippen LogP contribution in [0, 0.1) is 5.92 Å². The molecule has 0 bridgehead atoms. The van der Waals surface area contributed by atoms with Gasteiger partial charge in [0, 0.05) is 16.8 Å². The number of carbonyl (C=O) groups excluding carboxylic acids is 1. The molecule has 2 atom stereocenters. The zero-order valence-corrected chi connectivity index (χ0v) is 17.3. The number of hydrogen-bond donors (Lipinski definition) is 1. The van der Waals surface area contributed by atoms with E-state index >= 15 is 0 Å². The second-order valence-corrected chi connectivity index (χ2v) is 7.24. The summed E-state index contributed by atoms with van der Waals surface area (Å²) in [5.74, 6) is -1.07. The molecular weight excluding hydrogens is 422 g/mol. The molecule has 146 valence electrons. The Morgan fingerprint density at radius 1 is 1.18 bits per heavy atom. The van der Waals surface area contributed by atoms with Gasteiger partial charge >= 0.3 is 11.9 Å². The van der Waals surface area contributed by atoms with Gasteiger partial charge in [-0.2, -0.15) is 0 Å². The van der Waals surface area contributed by atoms with Crippen LogP contribution < -0.4 is 4.74 Å². The first-order chi connectivity index (χ1) is 13.4. The molecule has 0 heterocycles. The Labute approximate surface area is 172 Å². The number of aliphatic imine (C=N–C) groups is 1. The van der Waals surface area contributed by atoms with E-state index in [0.717, 1.165) is 22.0 Å². The van der Waals surface area contributed by atoms with Crippen molar-refractivity contribution >= 4 is 40.2 Å². The summed E-state index contributed by atoms with van der Waals surface area (Å²) >= 11 is 3.38. The van der Waals surface area contributed by atoms with Gasteiger partial charge in [-0.15, -0.1) is 0 Å². The number of nitrogens with zero attached hydrogens (tertiary/aromatic N) is 1. The van der Waals surface area contributed by atoms with Gasteiger partial charge in [0.2, 0.25) is 0 Å². The molecule has 0 aliphatic rings. The second kappa shape index (κ2) is 10.6. The summed E-state index contributed by atoms with van der Waals surface area (Å²) < 4.78 is 6.19. The minimum atomic E-state index is -0.937. The molecule has 28 heavy (non-hydrogen) atoms. The Hall–Kier alpha value is -2.73. The average molecular weight is 444 g/mol. The zero-order chi connectivity index (χ0) is 20.5. The number of carbonyl (C=O) groups is 2. The molecule has 0 aliphatic carbocycles. The third-order valence-corrected chi connectivity index (χ3v) is 4.67. The van der Waals surface area contributed by atoms with Crippen LogP contribution in [0.25, 0.3) is 6.08 Å². The van der Waals surface area contributed by atoms with E-state index < -0.39 is 18.0 Å². The van der Waals surface area contributed by atoms with E-state index in [4.69, 9.17) is 4.74 Å². The van der Waals surface area contributed by atoms with Gasteiger partial charge in [0.15, 0.2) is 0 Å². The number of carboxylic acid groups (broad SMARTS) is 1. The van der Waals surface area contributed by atoms with Crippen molar-refractivity contribution < 1.29 is 19.4 Å². The Balaban J connectivity index is 1.97. The summed E-state index contributed by atoms with van der Waals surface area (Å²) in [7, 11) is 0. The zero-order valence-electron chi connectivity index (χ0n) is 15.7. The first-order valence-corrected chi connectivity index (χ1v) is 9.70. The fourth-order valence-electron chi connectivity index (χ4n) is 2.39. The highest BCUT2D eigenvalue weighted by Gasteiger charge is 2.21. The molecular formula is C22H22BrNO4. The number of ether oxygens (including phenoxy) is 1. The molecule has 2 aromatic rings. The first-order valence-electron chi connectivity index (χ1n) is 8.90. The van der Waals surface area contributed by atoms with E-state index in [-0.39, 0.29) is 5.92 Å².